The smallest absolute Gasteiger partial charge is 0.0126 e. The van der Waals surface area contributed by atoms with Gasteiger partial charge in [-0.3, -0.25) is 0 Å². The van der Waals surface area contributed by atoms with Crippen molar-refractivity contribution in [3.05, 3.63) is 0 Å². The van der Waals surface area contributed by atoms with Gasteiger partial charge in [-0.1, -0.05) is 13.8 Å². The third-order valence-electron chi connectivity index (χ3n) is 3.73. The van der Waals surface area contributed by atoms with Gasteiger partial charge in [0.05, 0.1) is 0 Å². The highest BCUT2D eigenvalue weighted by Gasteiger charge is 2.56. The van der Waals surface area contributed by atoms with E-state index in [4.69, 9.17) is 0 Å². The molecule has 0 aromatic heterocycles. The zero-order chi connectivity index (χ0) is 7.19. The molecule has 1 heteroatoms. The van der Waals surface area contributed by atoms with Crippen LogP contribution in [0.15, 0.2) is 0 Å². The van der Waals surface area contributed by atoms with Gasteiger partial charge in [-0.25, -0.2) is 0 Å². The highest BCUT2D eigenvalue weighted by atomic mass is 15.0. The molecule has 0 heterocycles. The lowest BCUT2D eigenvalue weighted by Crippen LogP contribution is -2.63. The molecule has 0 aliphatic heterocycles. The number of rotatable bonds is 2. The summed E-state index contributed by atoms with van der Waals surface area (Å²) in [6.45, 7) is 5.79. The molecule has 1 nitrogen and oxygen atoms in total. The predicted molar refractivity (Wildman–Crippen MR) is 42.9 cm³/mol. The Morgan fingerprint density at radius 1 is 1.60 bits per heavy atom. The maximum absolute atomic E-state index is 3.55. The molecule has 0 bridgehead atoms. The van der Waals surface area contributed by atoms with Gasteiger partial charge in [-0.15, -0.1) is 0 Å². The molecule has 58 valence electrons. The van der Waals surface area contributed by atoms with Crippen LogP contribution in [-0.4, -0.2) is 12.6 Å². The summed E-state index contributed by atoms with van der Waals surface area (Å²) in [7, 11) is 0. The van der Waals surface area contributed by atoms with E-state index in [-0.39, 0.29) is 0 Å². The summed E-state index contributed by atoms with van der Waals surface area (Å²) in [6, 6.07) is 0.858. The number of hydrogen-bond acceptors (Lipinski definition) is 1. The van der Waals surface area contributed by atoms with Gasteiger partial charge < -0.3 is 5.32 Å². The summed E-state index contributed by atoms with van der Waals surface area (Å²) in [5.74, 6) is 1.08. The number of nitrogens with one attached hydrogen (secondary N) is 1. The highest BCUT2D eigenvalue weighted by molar-refractivity contribution is 5.10. The first-order valence-electron chi connectivity index (χ1n) is 4.50. The second kappa shape index (κ2) is 1.97. The molecule has 3 unspecified atom stereocenters. The molecule has 10 heavy (non-hydrogen) atoms. The summed E-state index contributed by atoms with van der Waals surface area (Å²) in [6.07, 6.45) is 4.41. The lowest BCUT2D eigenvalue weighted by atomic mass is 9.46. The SMILES string of the molecule is CCNC1CC2CCC21C. The molecule has 0 aromatic rings. The van der Waals surface area contributed by atoms with Crippen molar-refractivity contribution in [3.63, 3.8) is 0 Å². The van der Waals surface area contributed by atoms with Gasteiger partial charge in [-0.2, -0.15) is 0 Å². The van der Waals surface area contributed by atoms with Crippen molar-refractivity contribution in [3.8, 4) is 0 Å². The van der Waals surface area contributed by atoms with Crippen molar-refractivity contribution in [2.75, 3.05) is 6.54 Å². The minimum atomic E-state index is 0.718. The van der Waals surface area contributed by atoms with Crippen molar-refractivity contribution in [2.24, 2.45) is 11.3 Å². The van der Waals surface area contributed by atoms with Crippen LogP contribution in [0.4, 0.5) is 0 Å². The molecule has 0 radical (unpaired) electrons. The molecule has 2 saturated carbocycles. The van der Waals surface area contributed by atoms with E-state index in [9.17, 15) is 0 Å². The monoisotopic (exact) mass is 139 g/mol. The summed E-state index contributed by atoms with van der Waals surface area (Å²) in [4.78, 5) is 0. The second-order valence-corrected chi connectivity index (χ2v) is 4.09. The van der Waals surface area contributed by atoms with Gasteiger partial charge in [0.15, 0.2) is 0 Å². The summed E-state index contributed by atoms with van der Waals surface area (Å²) in [5, 5.41) is 3.55. The van der Waals surface area contributed by atoms with Crippen LogP contribution in [0, 0.1) is 11.3 Å². The quantitative estimate of drug-likeness (QED) is 0.615. The molecular weight excluding hydrogens is 122 g/mol. The van der Waals surface area contributed by atoms with E-state index in [1.807, 2.05) is 0 Å². The highest BCUT2D eigenvalue weighted by Crippen LogP contribution is 2.60. The predicted octanol–water partition coefficient (Wildman–Crippen LogP) is 1.78. The molecule has 0 aromatic carbocycles. The van der Waals surface area contributed by atoms with Gasteiger partial charge in [0.2, 0.25) is 0 Å². The summed E-state index contributed by atoms with van der Waals surface area (Å²) < 4.78 is 0. The maximum atomic E-state index is 3.55. The molecule has 2 aliphatic carbocycles. The van der Waals surface area contributed by atoms with Crippen LogP contribution in [0.2, 0.25) is 0 Å². The van der Waals surface area contributed by atoms with Crippen molar-refractivity contribution in [1.82, 2.24) is 5.32 Å². The molecule has 2 fully saturated rings. The van der Waals surface area contributed by atoms with Crippen LogP contribution in [0.3, 0.4) is 0 Å². The molecule has 2 aliphatic rings. The Labute approximate surface area is 63.2 Å². The lowest BCUT2D eigenvalue weighted by Gasteiger charge is -2.62. The normalized spacial score (nSPS) is 51.0. The van der Waals surface area contributed by atoms with E-state index < -0.39 is 0 Å². The third kappa shape index (κ3) is 0.619. The summed E-state index contributed by atoms with van der Waals surface area (Å²) in [5.41, 5.74) is 0.718. The topological polar surface area (TPSA) is 12.0 Å². The summed E-state index contributed by atoms with van der Waals surface area (Å²) >= 11 is 0. The molecule has 0 spiro atoms. The number of fused-ring (bicyclic) bond motifs is 1. The van der Waals surface area contributed by atoms with Crippen LogP contribution < -0.4 is 5.32 Å². The van der Waals surface area contributed by atoms with Crippen LogP contribution >= 0.6 is 0 Å². The third-order valence-corrected chi connectivity index (χ3v) is 3.73. The van der Waals surface area contributed by atoms with E-state index in [0.717, 1.165) is 23.9 Å². The zero-order valence-corrected chi connectivity index (χ0v) is 6.98. The Hall–Kier alpha value is -0.0400. The average molecular weight is 139 g/mol. The van der Waals surface area contributed by atoms with E-state index >= 15 is 0 Å². The first kappa shape index (κ1) is 6.66. The minimum absolute atomic E-state index is 0.718. The Morgan fingerprint density at radius 2 is 2.40 bits per heavy atom. The fourth-order valence-corrected chi connectivity index (χ4v) is 2.61. The van der Waals surface area contributed by atoms with Crippen molar-refractivity contribution >= 4 is 0 Å². The van der Waals surface area contributed by atoms with E-state index in [1.54, 1.807) is 0 Å². The van der Waals surface area contributed by atoms with Gasteiger partial charge in [0.1, 0.15) is 0 Å². The molecule has 0 saturated heterocycles. The van der Waals surface area contributed by atoms with Crippen LogP contribution in [0.5, 0.6) is 0 Å². The molecule has 3 atom stereocenters. The van der Waals surface area contributed by atoms with Crippen molar-refractivity contribution in [2.45, 2.75) is 39.2 Å². The van der Waals surface area contributed by atoms with Gasteiger partial charge in [-0.05, 0) is 37.1 Å². The van der Waals surface area contributed by atoms with Crippen LogP contribution in [-0.2, 0) is 0 Å². The van der Waals surface area contributed by atoms with Crippen LogP contribution in [0.1, 0.15) is 33.1 Å². The van der Waals surface area contributed by atoms with Gasteiger partial charge in [0, 0.05) is 6.04 Å². The molecular formula is C9H17N. The minimum Gasteiger partial charge on any atom is -0.314 e. The Balaban J connectivity index is 1.91. The number of hydrogen-bond donors (Lipinski definition) is 1. The molecule has 2 rings (SSSR count). The molecule has 0 amide bonds. The zero-order valence-electron chi connectivity index (χ0n) is 6.98. The Bertz CT molecular complexity index is 142. The maximum Gasteiger partial charge on any atom is 0.0126 e. The van der Waals surface area contributed by atoms with Gasteiger partial charge in [0.25, 0.3) is 0 Å². The van der Waals surface area contributed by atoms with E-state index in [0.29, 0.717) is 0 Å². The fourth-order valence-electron chi connectivity index (χ4n) is 2.61. The lowest BCUT2D eigenvalue weighted by molar-refractivity contribution is -0.0956. The average Bonchev–Trinajstić information content (AvgIpc) is 1.95. The first-order chi connectivity index (χ1) is 4.77. The largest absolute Gasteiger partial charge is 0.314 e. The second-order valence-electron chi connectivity index (χ2n) is 4.09. The standard InChI is InChI=1S/C9H17N/c1-3-10-8-6-7-4-5-9(7,8)2/h7-8,10H,3-6H2,1-2H3. The molecule has 1 N–H and O–H groups in total. The first-order valence-corrected chi connectivity index (χ1v) is 4.50. The Kier molecular flexibility index (Phi) is 1.31. The van der Waals surface area contributed by atoms with Crippen molar-refractivity contribution < 1.29 is 0 Å². The van der Waals surface area contributed by atoms with E-state index in [2.05, 4.69) is 19.2 Å². The van der Waals surface area contributed by atoms with Gasteiger partial charge >= 0.3 is 0 Å². The van der Waals surface area contributed by atoms with Crippen LogP contribution in [0.25, 0.3) is 0 Å². The van der Waals surface area contributed by atoms with E-state index in [1.165, 1.54) is 19.3 Å². The van der Waals surface area contributed by atoms with Crippen molar-refractivity contribution in [1.29, 1.82) is 0 Å². The Morgan fingerprint density at radius 3 is 2.70 bits per heavy atom. The fraction of sp³-hybridized carbons (Fsp3) is 1.00.